The Morgan fingerprint density at radius 3 is 1.44 bits per heavy atom. The van der Waals surface area contributed by atoms with Gasteiger partial charge in [-0.1, -0.05) is 0 Å². The van der Waals surface area contributed by atoms with Crippen LogP contribution < -0.4 is 0 Å². The van der Waals surface area contributed by atoms with E-state index < -0.39 is 18.5 Å². The lowest BCUT2D eigenvalue weighted by Gasteiger charge is -2.11. The molecule has 0 aromatic heterocycles. The minimum absolute atomic E-state index is 0.526. The van der Waals surface area contributed by atoms with E-state index in [9.17, 15) is 22.0 Å². The highest BCUT2D eigenvalue weighted by molar-refractivity contribution is 4.70. The minimum Gasteiger partial charge on any atom is -0.244 e. The molecule has 0 nitrogen and oxygen atoms in total. The molecule has 0 aromatic carbocycles. The van der Waals surface area contributed by atoms with Crippen molar-refractivity contribution in [3.05, 3.63) is 0 Å². The molecule has 0 saturated heterocycles. The normalized spacial score (nSPS) is 19.3. The van der Waals surface area contributed by atoms with Crippen molar-refractivity contribution >= 4 is 0 Å². The van der Waals surface area contributed by atoms with Crippen LogP contribution in [0.3, 0.4) is 0 Å². The van der Waals surface area contributed by atoms with Crippen molar-refractivity contribution in [3.8, 4) is 0 Å². The molecule has 2 atom stereocenters. The summed E-state index contributed by atoms with van der Waals surface area (Å²) in [6.07, 6.45) is -10.9. The SMILES string of the molecule is C[C@@H](F)[C@H](F)C(F)(F)F. The molecule has 0 aliphatic heterocycles. The third kappa shape index (κ3) is 2.62. The lowest BCUT2D eigenvalue weighted by atomic mass is 10.3. The molecule has 0 N–H and O–H groups in total. The zero-order valence-electron chi connectivity index (χ0n) is 4.54. The fraction of sp³-hybridized carbons (Fsp3) is 1.00. The van der Waals surface area contributed by atoms with E-state index in [1.807, 2.05) is 0 Å². The molecular formula is C4H5F5. The largest absolute Gasteiger partial charge is 0.422 e. The summed E-state index contributed by atoms with van der Waals surface area (Å²) in [7, 11) is 0. The van der Waals surface area contributed by atoms with E-state index in [0.29, 0.717) is 6.92 Å². The van der Waals surface area contributed by atoms with E-state index in [1.165, 1.54) is 0 Å². The first kappa shape index (κ1) is 8.65. The average molecular weight is 148 g/mol. The number of rotatable bonds is 1. The van der Waals surface area contributed by atoms with Crippen LogP contribution in [0.15, 0.2) is 0 Å². The van der Waals surface area contributed by atoms with E-state index in [1.54, 1.807) is 0 Å². The highest BCUT2D eigenvalue weighted by Crippen LogP contribution is 2.26. The molecule has 0 saturated carbocycles. The molecule has 0 rings (SSSR count). The van der Waals surface area contributed by atoms with Crippen LogP contribution in [0.4, 0.5) is 22.0 Å². The van der Waals surface area contributed by atoms with Gasteiger partial charge in [-0.3, -0.25) is 0 Å². The monoisotopic (exact) mass is 148 g/mol. The van der Waals surface area contributed by atoms with E-state index in [0.717, 1.165) is 0 Å². The Morgan fingerprint density at radius 2 is 1.44 bits per heavy atom. The molecule has 56 valence electrons. The Hall–Kier alpha value is -0.350. The lowest BCUT2D eigenvalue weighted by molar-refractivity contribution is -0.194. The number of halogens is 5. The molecular weight excluding hydrogens is 143 g/mol. The summed E-state index contributed by atoms with van der Waals surface area (Å²) >= 11 is 0. The van der Waals surface area contributed by atoms with Crippen LogP contribution in [0, 0.1) is 0 Å². The Morgan fingerprint density at radius 1 is 1.11 bits per heavy atom. The van der Waals surface area contributed by atoms with Gasteiger partial charge in [0.25, 0.3) is 0 Å². The molecule has 0 aliphatic rings. The topological polar surface area (TPSA) is 0 Å². The smallest absolute Gasteiger partial charge is 0.244 e. The lowest BCUT2D eigenvalue weighted by Crippen LogP contribution is -2.31. The molecule has 0 heterocycles. The highest BCUT2D eigenvalue weighted by Gasteiger charge is 2.43. The van der Waals surface area contributed by atoms with Crippen molar-refractivity contribution in [1.29, 1.82) is 0 Å². The van der Waals surface area contributed by atoms with Gasteiger partial charge in [-0.25, -0.2) is 8.78 Å². The fourth-order valence-corrected chi connectivity index (χ4v) is 0.260. The maximum atomic E-state index is 11.5. The van der Waals surface area contributed by atoms with Crippen LogP contribution in [0.5, 0.6) is 0 Å². The van der Waals surface area contributed by atoms with Gasteiger partial charge in [0.1, 0.15) is 6.17 Å². The maximum absolute atomic E-state index is 11.5. The zero-order chi connectivity index (χ0) is 7.65. The molecule has 0 unspecified atom stereocenters. The summed E-state index contributed by atoms with van der Waals surface area (Å²) in [6.45, 7) is 0.526. The van der Waals surface area contributed by atoms with Crippen LogP contribution in [0.1, 0.15) is 6.92 Å². The first-order chi connectivity index (χ1) is 3.85. The van der Waals surface area contributed by atoms with Crippen molar-refractivity contribution in [3.63, 3.8) is 0 Å². The molecule has 9 heavy (non-hydrogen) atoms. The van der Waals surface area contributed by atoms with Gasteiger partial charge in [-0.2, -0.15) is 13.2 Å². The summed E-state index contributed by atoms with van der Waals surface area (Å²) in [5, 5.41) is 0. The molecule has 0 spiro atoms. The molecule has 0 fully saturated rings. The van der Waals surface area contributed by atoms with Crippen molar-refractivity contribution in [2.45, 2.75) is 25.4 Å². The zero-order valence-corrected chi connectivity index (χ0v) is 4.54. The Kier molecular flexibility index (Phi) is 2.40. The number of hydrogen-bond acceptors (Lipinski definition) is 0. The van der Waals surface area contributed by atoms with Crippen molar-refractivity contribution in [2.24, 2.45) is 0 Å². The Labute approximate surface area is 48.7 Å². The van der Waals surface area contributed by atoms with Gasteiger partial charge < -0.3 is 0 Å². The van der Waals surface area contributed by atoms with Crippen LogP contribution in [0.2, 0.25) is 0 Å². The van der Waals surface area contributed by atoms with E-state index in [2.05, 4.69) is 0 Å². The summed E-state index contributed by atoms with van der Waals surface area (Å²) in [4.78, 5) is 0. The summed E-state index contributed by atoms with van der Waals surface area (Å²) in [5.74, 6) is 0. The Bertz CT molecular complexity index is 83.4. The van der Waals surface area contributed by atoms with Gasteiger partial charge in [-0.05, 0) is 6.92 Å². The molecule has 0 radical (unpaired) electrons. The second kappa shape index (κ2) is 2.49. The first-order valence-electron chi connectivity index (χ1n) is 2.20. The predicted molar refractivity (Wildman–Crippen MR) is 21.5 cm³/mol. The molecule has 0 amide bonds. The van der Waals surface area contributed by atoms with E-state index in [4.69, 9.17) is 0 Å². The van der Waals surface area contributed by atoms with Crippen LogP contribution in [-0.4, -0.2) is 18.5 Å². The minimum atomic E-state index is -5.06. The quantitative estimate of drug-likeness (QED) is 0.500. The fourth-order valence-electron chi connectivity index (χ4n) is 0.260. The first-order valence-corrected chi connectivity index (χ1v) is 2.20. The molecule has 5 heteroatoms. The second-order valence-electron chi connectivity index (χ2n) is 1.62. The third-order valence-electron chi connectivity index (χ3n) is 0.716. The van der Waals surface area contributed by atoms with Gasteiger partial charge in [0, 0.05) is 0 Å². The third-order valence-corrected chi connectivity index (χ3v) is 0.716. The average Bonchev–Trinajstić information content (AvgIpc) is 1.62. The van der Waals surface area contributed by atoms with Crippen LogP contribution in [0.25, 0.3) is 0 Å². The van der Waals surface area contributed by atoms with Gasteiger partial charge in [0.05, 0.1) is 0 Å². The van der Waals surface area contributed by atoms with E-state index >= 15 is 0 Å². The second-order valence-corrected chi connectivity index (χ2v) is 1.62. The maximum Gasteiger partial charge on any atom is 0.422 e. The van der Waals surface area contributed by atoms with Gasteiger partial charge in [0.15, 0.2) is 0 Å². The Balaban J connectivity index is 3.88. The number of hydrogen-bond donors (Lipinski definition) is 0. The summed E-state index contributed by atoms with van der Waals surface area (Å²) in [5.41, 5.74) is 0. The summed E-state index contributed by atoms with van der Waals surface area (Å²) in [6, 6.07) is 0. The van der Waals surface area contributed by atoms with Gasteiger partial charge in [-0.15, -0.1) is 0 Å². The van der Waals surface area contributed by atoms with Crippen molar-refractivity contribution in [1.82, 2.24) is 0 Å². The number of alkyl halides is 5. The molecule has 0 bridgehead atoms. The highest BCUT2D eigenvalue weighted by atomic mass is 19.4. The molecule has 0 aliphatic carbocycles. The summed E-state index contributed by atoms with van der Waals surface area (Å²) < 4.78 is 56.3. The molecule has 0 aromatic rings. The standard InChI is InChI=1S/C4H5F5/c1-2(5)3(6)4(7,8)9/h2-3H,1H3/t2-,3+/m1/s1. The van der Waals surface area contributed by atoms with Crippen LogP contribution in [-0.2, 0) is 0 Å². The van der Waals surface area contributed by atoms with Crippen molar-refractivity contribution < 1.29 is 22.0 Å². The van der Waals surface area contributed by atoms with Crippen LogP contribution >= 0.6 is 0 Å². The van der Waals surface area contributed by atoms with Gasteiger partial charge in [0.2, 0.25) is 6.17 Å². The van der Waals surface area contributed by atoms with Crippen molar-refractivity contribution in [2.75, 3.05) is 0 Å². The van der Waals surface area contributed by atoms with E-state index in [-0.39, 0.29) is 0 Å². The van der Waals surface area contributed by atoms with Gasteiger partial charge >= 0.3 is 6.18 Å². The predicted octanol–water partition coefficient (Wildman–Crippen LogP) is 2.24.